The predicted molar refractivity (Wildman–Crippen MR) is 103 cm³/mol. The summed E-state index contributed by atoms with van der Waals surface area (Å²) in [5, 5.41) is 4.03. The smallest absolute Gasteiger partial charge is 0.195 e. The van der Waals surface area contributed by atoms with Crippen molar-refractivity contribution < 1.29 is 9.53 Å². The van der Waals surface area contributed by atoms with Gasteiger partial charge in [0.1, 0.15) is 17.1 Å². The average Bonchev–Trinajstić information content (AvgIpc) is 3.36. The number of rotatable bonds is 6. The second-order valence-corrected chi connectivity index (χ2v) is 7.34. The first-order valence-corrected chi connectivity index (χ1v) is 9.80. The van der Waals surface area contributed by atoms with Crippen molar-refractivity contribution in [2.75, 3.05) is 6.61 Å². The molecule has 0 unspecified atom stereocenters. The highest BCUT2D eigenvalue weighted by molar-refractivity contribution is 7.15. The third kappa shape index (κ3) is 2.88. The SMILES string of the molecule is CCCOc1ccc(-c2csc3nc(-c4cccs4)c(C=O)n23)cc1. The molecule has 6 heteroatoms. The van der Waals surface area contributed by atoms with Crippen LogP contribution in [0.3, 0.4) is 0 Å². The fourth-order valence-electron chi connectivity index (χ4n) is 2.73. The highest BCUT2D eigenvalue weighted by Crippen LogP contribution is 2.34. The molecule has 1 aromatic carbocycles. The van der Waals surface area contributed by atoms with E-state index in [2.05, 4.69) is 11.9 Å². The summed E-state index contributed by atoms with van der Waals surface area (Å²) < 4.78 is 7.58. The molecule has 25 heavy (non-hydrogen) atoms. The Hall–Kier alpha value is -2.44. The van der Waals surface area contributed by atoms with Crippen LogP contribution in [0.1, 0.15) is 23.8 Å². The zero-order valence-electron chi connectivity index (χ0n) is 13.6. The predicted octanol–water partition coefficient (Wildman–Crippen LogP) is 5.39. The van der Waals surface area contributed by atoms with Gasteiger partial charge >= 0.3 is 0 Å². The van der Waals surface area contributed by atoms with Gasteiger partial charge in [-0.3, -0.25) is 9.20 Å². The van der Waals surface area contributed by atoms with Crippen LogP contribution in [0, 0.1) is 0 Å². The lowest BCUT2D eigenvalue weighted by atomic mass is 10.1. The number of aromatic nitrogens is 2. The molecular weight excluding hydrogens is 352 g/mol. The number of hydrogen-bond donors (Lipinski definition) is 0. The van der Waals surface area contributed by atoms with Crippen LogP contribution in [0.4, 0.5) is 0 Å². The first kappa shape index (κ1) is 16.1. The van der Waals surface area contributed by atoms with Gasteiger partial charge in [0.2, 0.25) is 0 Å². The molecule has 3 heterocycles. The fourth-order valence-corrected chi connectivity index (χ4v) is 4.35. The van der Waals surface area contributed by atoms with Gasteiger partial charge in [-0.05, 0) is 47.7 Å². The van der Waals surface area contributed by atoms with Crippen LogP contribution in [0.2, 0.25) is 0 Å². The molecule has 4 rings (SSSR count). The van der Waals surface area contributed by atoms with Gasteiger partial charge in [-0.2, -0.15) is 0 Å². The Morgan fingerprint density at radius 1 is 1.20 bits per heavy atom. The number of ether oxygens (including phenoxy) is 1. The Morgan fingerprint density at radius 2 is 2.04 bits per heavy atom. The maximum atomic E-state index is 11.8. The maximum Gasteiger partial charge on any atom is 0.195 e. The largest absolute Gasteiger partial charge is 0.494 e. The summed E-state index contributed by atoms with van der Waals surface area (Å²) in [6, 6.07) is 11.9. The number of benzene rings is 1. The van der Waals surface area contributed by atoms with Gasteiger partial charge in [-0.25, -0.2) is 4.98 Å². The van der Waals surface area contributed by atoms with E-state index < -0.39 is 0 Å². The summed E-state index contributed by atoms with van der Waals surface area (Å²) >= 11 is 3.13. The van der Waals surface area contributed by atoms with Crippen molar-refractivity contribution in [2.24, 2.45) is 0 Å². The number of nitrogens with zero attached hydrogens (tertiary/aromatic N) is 2. The molecular formula is C19H16N2O2S2. The summed E-state index contributed by atoms with van der Waals surface area (Å²) in [7, 11) is 0. The molecule has 0 N–H and O–H groups in total. The number of imidazole rings is 1. The number of carbonyl (C=O) groups is 1. The Bertz CT molecular complexity index is 998. The topological polar surface area (TPSA) is 43.6 Å². The summed E-state index contributed by atoms with van der Waals surface area (Å²) in [4.78, 5) is 18.3. The van der Waals surface area contributed by atoms with Gasteiger partial charge in [0.15, 0.2) is 11.2 Å². The summed E-state index contributed by atoms with van der Waals surface area (Å²) in [5.74, 6) is 0.859. The Balaban J connectivity index is 1.79. The van der Waals surface area contributed by atoms with E-state index in [1.165, 1.54) is 0 Å². The Morgan fingerprint density at radius 3 is 2.72 bits per heavy atom. The molecule has 0 saturated carbocycles. The summed E-state index contributed by atoms with van der Waals surface area (Å²) in [6.45, 7) is 2.80. The molecule has 3 aromatic heterocycles. The van der Waals surface area contributed by atoms with Crippen LogP contribution >= 0.6 is 22.7 Å². The molecule has 0 bridgehead atoms. The highest BCUT2D eigenvalue weighted by atomic mass is 32.1. The van der Waals surface area contributed by atoms with Gasteiger partial charge in [-0.15, -0.1) is 22.7 Å². The summed E-state index contributed by atoms with van der Waals surface area (Å²) in [6.07, 6.45) is 1.88. The van der Waals surface area contributed by atoms with Crippen molar-refractivity contribution >= 4 is 33.9 Å². The molecule has 0 spiro atoms. The third-order valence-corrected chi connectivity index (χ3v) is 5.59. The quantitative estimate of drug-likeness (QED) is 0.428. The monoisotopic (exact) mass is 368 g/mol. The summed E-state index contributed by atoms with van der Waals surface area (Å²) in [5.41, 5.74) is 3.36. The van der Waals surface area contributed by atoms with Crippen LogP contribution in [0.25, 0.3) is 26.8 Å². The van der Waals surface area contributed by atoms with Gasteiger partial charge < -0.3 is 4.74 Å². The van der Waals surface area contributed by atoms with Gasteiger partial charge in [-0.1, -0.05) is 13.0 Å². The lowest BCUT2D eigenvalue weighted by Gasteiger charge is -2.06. The average molecular weight is 368 g/mol. The van der Waals surface area contributed by atoms with Crippen LogP contribution in [0.15, 0.2) is 47.2 Å². The Labute approximate surface area is 153 Å². The van der Waals surface area contributed by atoms with Crippen molar-refractivity contribution in [2.45, 2.75) is 13.3 Å². The zero-order chi connectivity index (χ0) is 17.2. The van der Waals surface area contributed by atoms with E-state index in [-0.39, 0.29) is 0 Å². The maximum absolute atomic E-state index is 11.8. The number of fused-ring (bicyclic) bond motifs is 1. The zero-order valence-corrected chi connectivity index (χ0v) is 15.3. The van der Waals surface area contributed by atoms with Gasteiger partial charge in [0, 0.05) is 5.38 Å². The second-order valence-electron chi connectivity index (χ2n) is 5.55. The lowest BCUT2D eigenvalue weighted by Crippen LogP contribution is -1.95. The highest BCUT2D eigenvalue weighted by Gasteiger charge is 2.18. The fraction of sp³-hybridized carbons (Fsp3) is 0.158. The molecule has 0 aliphatic carbocycles. The molecule has 0 fully saturated rings. The van der Waals surface area contributed by atoms with E-state index in [0.29, 0.717) is 12.3 Å². The van der Waals surface area contributed by atoms with E-state index in [9.17, 15) is 4.79 Å². The molecule has 4 aromatic rings. The van der Waals surface area contributed by atoms with E-state index >= 15 is 0 Å². The van der Waals surface area contributed by atoms with Crippen molar-refractivity contribution in [3.8, 4) is 27.6 Å². The molecule has 0 saturated heterocycles. The van der Waals surface area contributed by atoms with Gasteiger partial charge in [0.25, 0.3) is 0 Å². The number of carbonyl (C=O) groups excluding carboxylic acids is 1. The molecule has 0 aliphatic rings. The molecule has 0 aliphatic heterocycles. The van der Waals surface area contributed by atoms with Crippen LogP contribution in [-0.2, 0) is 0 Å². The van der Waals surface area contributed by atoms with Crippen LogP contribution in [0.5, 0.6) is 5.75 Å². The molecule has 126 valence electrons. The molecule has 0 amide bonds. The van der Waals surface area contributed by atoms with Crippen molar-refractivity contribution in [3.63, 3.8) is 0 Å². The second kappa shape index (κ2) is 6.82. The van der Waals surface area contributed by atoms with E-state index in [0.717, 1.165) is 45.2 Å². The minimum Gasteiger partial charge on any atom is -0.494 e. The third-order valence-electron chi connectivity index (χ3n) is 3.89. The van der Waals surface area contributed by atoms with Crippen LogP contribution < -0.4 is 4.74 Å². The van der Waals surface area contributed by atoms with E-state index in [1.54, 1.807) is 22.7 Å². The standard InChI is InChI=1S/C19H16N2O2S2/c1-2-9-23-14-7-5-13(6-8-14)16-12-25-19-20-18(15(11-22)21(16)19)17-4-3-10-24-17/h3-8,10-12H,2,9H2,1H3. The van der Waals surface area contributed by atoms with Gasteiger partial charge in [0.05, 0.1) is 17.2 Å². The molecule has 0 atom stereocenters. The first-order chi connectivity index (χ1) is 12.3. The number of thiazole rings is 1. The van der Waals surface area contributed by atoms with Crippen molar-refractivity contribution in [1.82, 2.24) is 9.38 Å². The molecule has 0 radical (unpaired) electrons. The number of aldehydes is 1. The van der Waals surface area contributed by atoms with Crippen molar-refractivity contribution in [1.29, 1.82) is 0 Å². The Kier molecular flexibility index (Phi) is 4.38. The van der Waals surface area contributed by atoms with Crippen molar-refractivity contribution in [3.05, 3.63) is 52.9 Å². The number of thiophene rings is 1. The minimum absolute atomic E-state index is 0.597. The van der Waals surface area contributed by atoms with E-state index in [1.807, 2.05) is 51.6 Å². The lowest BCUT2D eigenvalue weighted by molar-refractivity contribution is 0.111. The normalized spacial score (nSPS) is 11.1. The minimum atomic E-state index is 0.597. The van der Waals surface area contributed by atoms with Crippen LogP contribution in [-0.4, -0.2) is 22.3 Å². The molecule has 4 nitrogen and oxygen atoms in total. The number of hydrogen-bond acceptors (Lipinski definition) is 5. The van der Waals surface area contributed by atoms with E-state index in [4.69, 9.17) is 4.74 Å². The first-order valence-electron chi connectivity index (χ1n) is 8.04.